The number of benzene rings is 2. The van der Waals surface area contributed by atoms with Crippen LogP contribution in [-0.2, 0) is 9.84 Å². The van der Waals surface area contributed by atoms with Crippen molar-refractivity contribution in [3.05, 3.63) is 54.3 Å². The number of carbonyl (C=O) groups is 1. The Hall–Kier alpha value is -2.61. The number of halogens is 1. The van der Waals surface area contributed by atoms with E-state index in [-0.39, 0.29) is 17.5 Å². The van der Waals surface area contributed by atoms with Crippen LogP contribution in [0.2, 0.25) is 0 Å². The molecule has 6 nitrogen and oxygen atoms in total. The lowest BCUT2D eigenvalue weighted by molar-refractivity contribution is 0.255. The third kappa shape index (κ3) is 2.70. The lowest BCUT2D eigenvalue weighted by Gasteiger charge is -2.22. The monoisotopic (exact) mass is 376 g/mol. The second-order valence-electron chi connectivity index (χ2n) is 6.41. The van der Waals surface area contributed by atoms with Crippen molar-refractivity contribution >= 4 is 27.2 Å². The van der Waals surface area contributed by atoms with Crippen molar-refractivity contribution in [1.82, 2.24) is 0 Å². The van der Waals surface area contributed by atoms with Crippen molar-refractivity contribution in [3.8, 4) is 5.75 Å². The number of amides is 2. The zero-order chi connectivity index (χ0) is 18.5. The molecule has 136 valence electrons. The molecule has 2 amide bonds. The summed E-state index contributed by atoms with van der Waals surface area (Å²) in [5.74, 6) is 0.0370. The van der Waals surface area contributed by atoms with Gasteiger partial charge in [-0.05, 0) is 48.5 Å². The average molecular weight is 376 g/mol. The van der Waals surface area contributed by atoms with E-state index in [2.05, 4.69) is 0 Å². The highest BCUT2D eigenvalue weighted by Gasteiger charge is 2.54. The predicted molar refractivity (Wildman–Crippen MR) is 96.0 cm³/mol. The van der Waals surface area contributed by atoms with Crippen LogP contribution in [0.5, 0.6) is 5.75 Å². The average Bonchev–Trinajstić information content (AvgIpc) is 3.05. The molecule has 2 aromatic rings. The molecule has 2 aromatic carbocycles. The molecule has 8 heteroatoms. The van der Waals surface area contributed by atoms with E-state index in [1.165, 1.54) is 34.1 Å². The van der Waals surface area contributed by atoms with Crippen LogP contribution in [0.4, 0.5) is 20.6 Å². The van der Waals surface area contributed by atoms with E-state index >= 15 is 0 Å². The first kappa shape index (κ1) is 16.8. The highest BCUT2D eigenvalue weighted by molar-refractivity contribution is 7.91. The Bertz CT molecular complexity index is 944. The van der Waals surface area contributed by atoms with E-state index in [0.717, 1.165) is 0 Å². The number of nitrogens with zero attached hydrogens (tertiary/aromatic N) is 2. The number of urea groups is 1. The van der Waals surface area contributed by atoms with Gasteiger partial charge in [0, 0.05) is 11.4 Å². The van der Waals surface area contributed by atoms with Crippen molar-refractivity contribution in [2.45, 2.75) is 12.1 Å². The molecule has 4 rings (SSSR count). The number of sulfone groups is 1. The summed E-state index contributed by atoms with van der Waals surface area (Å²) in [6, 6.07) is 11.1. The molecule has 0 aromatic heterocycles. The van der Waals surface area contributed by atoms with E-state index in [4.69, 9.17) is 4.74 Å². The molecule has 0 bridgehead atoms. The molecule has 0 aliphatic carbocycles. The van der Waals surface area contributed by atoms with Crippen LogP contribution >= 0.6 is 0 Å². The van der Waals surface area contributed by atoms with Crippen LogP contribution in [0.1, 0.15) is 0 Å². The molecule has 0 N–H and O–H groups in total. The Balaban J connectivity index is 1.77. The van der Waals surface area contributed by atoms with Gasteiger partial charge in [0.1, 0.15) is 11.6 Å². The SMILES string of the molecule is COc1ccc(N2C(=O)N(c3ccc(F)cc3)C3CS(=O)(=O)CC32)cc1. The third-order valence-corrected chi connectivity index (χ3v) is 6.52. The number of hydrogen-bond donors (Lipinski definition) is 0. The van der Waals surface area contributed by atoms with Crippen LogP contribution in [0.15, 0.2) is 48.5 Å². The van der Waals surface area contributed by atoms with Gasteiger partial charge in [-0.1, -0.05) is 0 Å². The maximum Gasteiger partial charge on any atom is 0.329 e. The van der Waals surface area contributed by atoms with E-state index in [1.54, 1.807) is 31.4 Å². The number of methoxy groups -OCH3 is 1. The van der Waals surface area contributed by atoms with Gasteiger partial charge in [0.05, 0.1) is 30.7 Å². The molecule has 2 heterocycles. The van der Waals surface area contributed by atoms with Gasteiger partial charge in [0.25, 0.3) is 0 Å². The molecular weight excluding hydrogens is 359 g/mol. The molecule has 0 saturated carbocycles. The lowest BCUT2D eigenvalue weighted by atomic mass is 10.1. The first-order valence-corrected chi connectivity index (χ1v) is 9.94. The zero-order valence-electron chi connectivity index (χ0n) is 14.0. The van der Waals surface area contributed by atoms with Crippen LogP contribution < -0.4 is 14.5 Å². The predicted octanol–water partition coefficient (Wildman–Crippen LogP) is 2.45. The second kappa shape index (κ2) is 5.98. The van der Waals surface area contributed by atoms with E-state index in [0.29, 0.717) is 17.1 Å². The molecule has 2 aliphatic rings. The van der Waals surface area contributed by atoms with Gasteiger partial charge >= 0.3 is 6.03 Å². The molecule has 2 unspecified atom stereocenters. The number of carbonyl (C=O) groups excluding carboxylic acids is 1. The Morgan fingerprint density at radius 3 is 1.85 bits per heavy atom. The minimum absolute atomic E-state index is 0.0901. The van der Waals surface area contributed by atoms with Gasteiger partial charge in [-0.15, -0.1) is 0 Å². The Morgan fingerprint density at radius 2 is 1.38 bits per heavy atom. The largest absolute Gasteiger partial charge is 0.497 e. The topological polar surface area (TPSA) is 66.9 Å². The quantitative estimate of drug-likeness (QED) is 0.772. The molecule has 2 atom stereocenters. The molecule has 2 saturated heterocycles. The minimum Gasteiger partial charge on any atom is -0.497 e. The molecule has 0 spiro atoms. The second-order valence-corrected chi connectivity index (χ2v) is 8.56. The number of hydrogen-bond acceptors (Lipinski definition) is 4. The summed E-state index contributed by atoms with van der Waals surface area (Å²) >= 11 is 0. The summed E-state index contributed by atoms with van der Waals surface area (Å²) in [5.41, 5.74) is 1.09. The summed E-state index contributed by atoms with van der Waals surface area (Å²) in [6.07, 6.45) is 0. The molecule has 0 radical (unpaired) electrons. The maximum atomic E-state index is 13.3. The fourth-order valence-corrected chi connectivity index (χ4v) is 5.57. The lowest BCUT2D eigenvalue weighted by Crippen LogP contribution is -2.37. The van der Waals surface area contributed by atoms with Gasteiger partial charge in [-0.2, -0.15) is 0 Å². The summed E-state index contributed by atoms with van der Waals surface area (Å²) in [7, 11) is -1.72. The minimum atomic E-state index is -3.27. The first-order chi connectivity index (χ1) is 12.4. The van der Waals surface area contributed by atoms with Crippen molar-refractivity contribution < 1.29 is 22.3 Å². The third-order valence-electron chi connectivity index (χ3n) is 4.82. The fourth-order valence-electron chi connectivity index (χ4n) is 3.65. The first-order valence-electron chi connectivity index (χ1n) is 8.12. The summed E-state index contributed by atoms with van der Waals surface area (Å²) in [6.45, 7) is 0. The van der Waals surface area contributed by atoms with Crippen molar-refractivity contribution in [3.63, 3.8) is 0 Å². The van der Waals surface area contributed by atoms with Gasteiger partial charge in [-0.3, -0.25) is 9.80 Å². The van der Waals surface area contributed by atoms with Crippen LogP contribution in [0.3, 0.4) is 0 Å². The van der Waals surface area contributed by atoms with Gasteiger partial charge < -0.3 is 4.74 Å². The van der Waals surface area contributed by atoms with Crippen LogP contribution in [0.25, 0.3) is 0 Å². The van der Waals surface area contributed by atoms with E-state index in [1.807, 2.05) is 0 Å². The Kier molecular flexibility index (Phi) is 3.87. The summed E-state index contributed by atoms with van der Waals surface area (Å²) < 4.78 is 42.8. The van der Waals surface area contributed by atoms with Crippen molar-refractivity contribution in [2.75, 3.05) is 28.4 Å². The van der Waals surface area contributed by atoms with Crippen molar-refractivity contribution in [1.29, 1.82) is 0 Å². The van der Waals surface area contributed by atoms with Gasteiger partial charge in [0.15, 0.2) is 9.84 Å². The normalized spacial score (nSPS) is 24.0. The number of ether oxygens (including phenoxy) is 1. The number of fused-ring (bicyclic) bond motifs is 1. The van der Waals surface area contributed by atoms with Crippen molar-refractivity contribution in [2.24, 2.45) is 0 Å². The molecule has 2 fully saturated rings. The smallest absolute Gasteiger partial charge is 0.329 e. The highest BCUT2D eigenvalue weighted by atomic mass is 32.2. The van der Waals surface area contributed by atoms with E-state index in [9.17, 15) is 17.6 Å². The molecule has 26 heavy (non-hydrogen) atoms. The summed E-state index contributed by atoms with van der Waals surface area (Å²) in [4.78, 5) is 16.1. The van der Waals surface area contributed by atoms with Crippen LogP contribution in [-0.4, -0.2) is 45.1 Å². The Morgan fingerprint density at radius 1 is 0.923 bits per heavy atom. The Labute approximate surface area is 150 Å². The number of anilines is 2. The zero-order valence-corrected chi connectivity index (χ0v) is 14.8. The van der Waals surface area contributed by atoms with Gasteiger partial charge in [-0.25, -0.2) is 17.6 Å². The fraction of sp³-hybridized carbons (Fsp3) is 0.278. The standard InChI is InChI=1S/C18H17FN2O4S/c1-25-15-8-6-14(7-9-15)21-17-11-26(23,24)10-16(17)20(18(21)22)13-4-2-12(19)3-5-13/h2-9,16-17H,10-11H2,1H3. The maximum absolute atomic E-state index is 13.3. The van der Waals surface area contributed by atoms with Gasteiger partial charge in [0.2, 0.25) is 0 Å². The molecule has 2 aliphatic heterocycles. The summed E-state index contributed by atoms with van der Waals surface area (Å²) in [5, 5.41) is 0. The highest BCUT2D eigenvalue weighted by Crippen LogP contribution is 2.38. The van der Waals surface area contributed by atoms with E-state index < -0.39 is 27.7 Å². The number of rotatable bonds is 3. The molecular formula is C18H17FN2O4S. The van der Waals surface area contributed by atoms with Crippen LogP contribution in [0, 0.1) is 5.82 Å².